The smallest absolute Gasteiger partial charge is 0.317 e. The van der Waals surface area contributed by atoms with Crippen molar-refractivity contribution in [3.63, 3.8) is 0 Å². The Bertz CT molecular complexity index is 1210. The fourth-order valence-electron chi connectivity index (χ4n) is 10.5. The number of benzene rings is 1. The summed E-state index contributed by atoms with van der Waals surface area (Å²) in [5.74, 6) is 3.24. The minimum absolute atomic E-state index is 0.116. The number of likely N-dealkylation sites (tertiary alicyclic amines) is 1. The third kappa shape index (κ3) is 3.80. The van der Waals surface area contributed by atoms with E-state index in [0.29, 0.717) is 17.6 Å². The molecule has 2 aromatic rings. The number of carbonyl (C=O) groups is 1. The first kappa shape index (κ1) is 23.9. The van der Waals surface area contributed by atoms with Gasteiger partial charge in [0.1, 0.15) is 5.82 Å². The molecule has 1 N–H and O–H groups in total. The molecule has 8 rings (SSSR count). The van der Waals surface area contributed by atoms with E-state index in [2.05, 4.69) is 38.6 Å². The van der Waals surface area contributed by atoms with Crippen molar-refractivity contribution >= 4 is 17.0 Å². The number of fused-ring (bicyclic) bond motifs is 4. The molecule has 3 aliphatic carbocycles. The van der Waals surface area contributed by atoms with E-state index in [1.165, 1.54) is 82.6 Å². The standard InChI is InChI=1S/C32H44N4O2/c37-30(38)20-34-13-5-10-29(34)31-33-27-8-3-4-9-28(27)35(31)26-17-24-12-11-23-18-32(23,19-26)36(24)25-15-21-6-1-2-7-22(14-21)16-25/h3-4,8-9,21-26,29H,1-2,5-7,10-20H2,(H,37,38)/t21-,22+,23?,24-,25?,26+,29+,32?/m1/s1. The summed E-state index contributed by atoms with van der Waals surface area (Å²) in [5.41, 5.74) is 2.76. The molecule has 204 valence electrons. The van der Waals surface area contributed by atoms with Gasteiger partial charge in [0, 0.05) is 23.7 Å². The number of nitrogens with zero attached hydrogens (tertiary/aromatic N) is 4. The van der Waals surface area contributed by atoms with Gasteiger partial charge in [0.2, 0.25) is 0 Å². The van der Waals surface area contributed by atoms with Crippen molar-refractivity contribution in [1.82, 2.24) is 19.4 Å². The van der Waals surface area contributed by atoms with Crippen LogP contribution in [0.1, 0.15) is 108 Å². The van der Waals surface area contributed by atoms with Crippen molar-refractivity contribution in [2.45, 2.75) is 120 Å². The van der Waals surface area contributed by atoms with Crippen molar-refractivity contribution in [3.05, 3.63) is 30.1 Å². The normalized spacial score (nSPS) is 41.1. The number of hydrogen-bond donors (Lipinski definition) is 1. The van der Waals surface area contributed by atoms with E-state index in [-0.39, 0.29) is 12.6 Å². The van der Waals surface area contributed by atoms with Crippen molar-refractivity contribution in [2.75, 3.05) is 13.1 Å². The van der Waals surface area contributed by atoms with Crippen molar-refractivity contribution in [3.8, 4) is 0 Å². The first-order chi connectivity index (χ1) is 18.6. The molecule has 6 heteroatoms. The second-order valence-corrected chi connectivity index (χ2v) is 14.0. The zero-order valence-corrected chi connectivity index (χ0v) is 22.8. The molecule has 1 aromatic carbocycles. The molecule has 38 heavy (non-hydrogen) atoms. The lowest BCUT2D eigenvalue weighted by atomic mass is 9.73. The summed E-state index contributed by atoms with van der Waals surface area (Å²) < 4.78 is 2.62. The van der Waals surface area contributed by atoms with Crippen LogP contribution in [0.2, 0.25) is 0 Å². The molecular weight excluding hydrogens is 472 g/mol. The Balaban J connectivity index is 1.14. The molecule has 1 spiro atoms. The van der Waals surface area contributed by atoms with Gasteiger partial charge in [-0.1, -0.05) is 37.8 Å². The number of carboxylic acid groups (broad SMARTS) is 1. The molecule has 4 bridgehead atoms. The summed E-state index contributed by atoms with van der Waals surface area (Å²) in [4.78, 5) is 22.2. The molecule has 3 saturated heterocycles. The predicted molar refractivity (Wildman–Crippen MR) is 148 cm³/mol. The fourth-order valence-corrected chi connectivity index (χ4v) is 10.5. The molecule has 4 heterocycles. The van der Waals surface area contributed by atoms with Crippen LogP contribution in [0.15, 0.2) is 24.3 Å². The average Bonchev–Trinajstić information content (AvgIpc) is 3.25. The van der Waals surface area contributed by atoms with Gasteiger partial charge < -0.3 is 9.67 Å². The molecular formula is C32H44N4O2. The molecule has 8 atom stereocenters. The van der Waals surface area contributed by atoms with Gasteiger partial charge in [0.05, 0.1) is 23.6 Å². The summed E-state index contributed by atoms with van der Waals surface area (Å²) >= 11 is 0. The highest BCUT2D eigenvalue weighted by molar-refractivity contribution is 5.76. The number of imidazole rings is 1. The lowest BCUT2D eigenvalue weighted by Crippen LogP contribution is -2.60. The van der Waals surface area contributed by atoms with Crippen molar-refractivity contribution in [1.29, 1.82) is 0 Å². The molecule has 6 fully saturated rings. The highest BCUT2D eigenvalue weighted by Gasteiger charge is 2.66. The summed E-state index contributed by atoms with van der Waals surface area (Å²) in [6.45, 7) is 0.974. The largest absolute Gasteiger partial charge is 0.480 e. The van der Waals surface area contributed by atoms with Crippen molar-refractivity contribution < 1.29 is 9.90 Å². The second kappa shape index (κ2) is 9.05. The van der Waals surface area contributed by atoms with Gasteiger partial charge in [-0.3, -0.25) is 14.6 Å². The molecule has 3 unspecified atom stereocenters. The minimum atomic E-state index is -0.727. The number of rotatable bonds is 5. The van der Waals surface area contributed by atoms with Gasteiger partial charge in [-0.2, -0.15) is 0 Å². The Morgan fingerprint density at radius 1 is 0.895 bits per heavy atom. The number of aliphatic carboxylic acids is 1. The van der Waals surface area contributed by atoms with Crippen molar-refractivity contribution in [2.24, 2.45) is 17.8 Å². The number of piperidine rings is 2. The van der Waals surface area contributed by atoms with E-state index < -0.39 is 5.97 Å². The molecule has 3 saturated carbocycles. The van der Waals surface area contributed by atoms with Crippen LogP contribution in [-0.4, -0.2) is 61.1 Å². The van der Waals surface area contributed by atoms with E-state index in [1.807, 2.05) is 0 Å². The van der Waals surface area contributed by atoms with Gasteiger partial charge >= 0.3 is 5.97 Å². The van der Waals surface area contributed by atoms with Crippen LogP contribution in [-0.2, 0) is 4.79 Å². The van der Waals surface area contributed by atoms with Gasteiger partial charge in [-0.05, 0) is 101 Å². The average molecular weight is 517 g/mol. The number of para-hydroxylation sites is 2. The first-order valence-corrected chi connectivity index (χ1v) is 15.8. The molecule has 1 aromatic heterocycles. The van der Waals surface area contributed by atoms with Crippen LogP contribution in [0.4, 0.5) is 0 Å². The zero-order chi connectivity index (χ0) is 25.4. The van der Waals surface area contributed by atoms with Gasteiger partial charge in [-0.25, -0.2) is 4.98 Å². The Morgan fingerprint density at radius 3 is 2.53 bits per heavy atom. The number of aromatic nitrogens is 2. The maximum absolute atomic E-state index is 11.7. The Kier molecular flexibility index (Phi) is 5.70. The topological polar surface area (TPSA) is 61.6 Å². The van der Waals surface area contributed by atoms with E-state index in [0.717, 1.165) is 54.5 Å². The van der Waals surface area contributed by atoms with E-state index in [4.69, 9.17) is 4.98 Å². The quantitative estimate of drug-likeness (QED) is 0.515. The lowest BCUT2D eigenvalue weighted by Gasteiger charge is -2.55. The zero-order valence-electron chi connectivity index (χ0n) is 22.8. The summed E-state index contributed by atoms with van der Waals surface area (Å²) in [7, 11) is 0. The van der Waals surface area contributed by atoms with Gasteiger partial charge in [0.15, 0.2) is 0 Å². The van der Waals surface area contributed by atoms with Gasteiger partial charge in [-0.15, -0.1) is 0 Å². The maximum Gasteiger partial charge on any atom is 0.317 e. The second-order valence-electron chi connectivity index (χ2n) is 14.0. The third-order valence-electron chi connectivity index (χ3n) is 11.8. The summed E-state index contributed by atoms with van der Waals surface area (Å²) in [6.07, 6.45) is 19.1. The summed E-state index contributed by atoms with van der Waals surface area (Å²) in [5, 5.41) is 9.60. The molecule has 3 aliphatic heterocycles. The fraction of sp³-hybridized carbons (Fsp3) is 0.750. The molecule has 0 amide bonds. The van der Waals surface area contributed by atoms with Crippen LogP contribution in [0.3, 0.4) is 0 Å². The number of hydrogen-bond acceptors (Lipinski definition) is 4. The highest BCUT2D eigenvalue weighted by atomic mass is 16.4. The van der Waals surface area contributed by atoms with E-state index in [1.54, 1.807) is 0 Å². The maximum atomic E-state index is 11.7. The first-order valence-electron chi connectivity index (χ1n) is 15.8. The predicted octanol–water partition coefficient (Wildman–Crippen LogP) is 6.17. The van der Waals surface area contributed by atoms with E-state index in [9.17, 15) is 9.90 Å². The van der Waals surface area contributed by atoms with E-state index >= 15 is 0 Å². The molecule has 6 aliphatic rings. The van der Waals surface area contributed by atoms with Gasteiger partial charge in [0.25, 0.3) is 0 Å². The molecule has 6 nitrogen and oxygen atoms in total. The minimum Gasteiger partial charge on any atom is -0.480 e. The highest BCUT2D eigenvalue weighted by Crippen LogP contribution is 2.65. The van der Waals surface area contributed by atoms with Crippen LogP contribution in [0.5, 0.6) is 0 Å². The van der Waals surface area contributed by atoms with Crippen LogP contribution in [0, 0.1) is 17.8 Å². The molecule has 0 radical (unpaired) electrons. The number of carboxylic acids is 1. The third-order valence-corrected chi connectivity index (χ3v) is 11.8. The Labute approximate surface area is 226 Å². The Hall–Kier alpha value is -1.92. The van der Waals surface area contributed by atoms with Crippen LogP contribution in [0.25, 0.3) is 11.0 Å². The van der Waals surface area contributed by atoms with Crippen LogP contribution >= 0.6 is 0 Å². The lowest BCUT2D eigenvalue weighted by molar-refractivity contribution is -0.138. The SMILES string of the molecule is O=C(O)CN1CCC[C@H]1c1nc2ccccc2n1[C@H]1C[C@H]2CCC3CC3(C1)N2C1C[C@H]2CCCC[C@@H](C1)C2. The monoisotopic (exact) mass is 516 g/mol. The van der Waals surface area contributed by atoms with Crippen LogP contribution < -0.4 is 0 Å². The summed E-state index contributed by atoms with van der Waals surface area (Å²) in [6, 6.07) is 10.8. The Morgan fingerprint density at radius 2 is 1.71 bits per heavy atom.